The number of benzene rings is 1. The summed E-state index contributed by atoms with van der Waals surface area (Å²) in [6, 6.07) is 8.26. The first kappa shape index (κ1) is 11.5. The first-order valence-corrected chi connectivity index (χ1v) is 3.17. The van der Waals surface area contributed by atoms with Gasteiger partial charge < -0.3 is 10.2 Å². The Balaban J connectivity index is 0.00000121. The molecule has 0 saturated carbocycles. The minimum Gasteiger partial charge on any atom is -0.479 e. The van der Waals surface area contributed by atoms with E-state index in [1.165, 1.54) is 0 Å². The van der Waals surface area contributed by atoms with Crippen LogP contribution in [0.15, 0.2) is 30.3 Å². The summed E-state index contributed by atoms with van der Waals surface area (Å²) in [6.45, 7) is 0. The van der Waals surface area contributed by atoms with Gasteiger partial charge in [0.05, 0.1) is 0 Å². The van der Waals surface area contributed by atoms with Crippen LogP contribution in [-0.2, 0) is 4.79 Å². The summed E-state index contributed by atoms with van der Waals surface area (Å²) in [5, 5.41) is 17.4. The average Bonchev–Trinajstić information content (AvgIpc) is 2.05. The van der Waals surface area contributed by atoms with Crippen molar-refractivity contribution in [2.45, 2.75) is 6.10 Å². The van der Waals surface area contributed by atoms with Gasteiger partial charge in [0.15, 0.2) is 6.10 Å². The smallest absolute Gasteiger partial charge is 0.337 e. The minimum atomic E-state index is -1.41. The van der Waals surface area contributed by atoms with E-state index in [2.05, 4.69) is 0 Å². The van der Waals surface area contributed by atoms with Gasteiger partial charge in [-0.1, -0.05) is 30.3 Å². The molecule has 0 amide bonds. The average molecular weight is 274 g/mol. The van der Waals surface area contributed by atoms with Crippen LogP contribution in [0.25, 0.3) is 0 Å². The summed E-state index contributed by atoms with van der Waals surface area (Å²) in [6.07, 6.45) is -1.41. The van der Waals surface area contributed by atoms with E-state index in [9.17, 15) is 4.79 Å². The zero-order valence-electron chi connectivity index (χ0n) is 6.21. The van der Waals surface area contributed by atoms with E-state index in [1.54, 1.807) is 30.3 Å². The fourth-order valence-electron chi connectivity index (χ4n) is 0.778. The Morgan fingerprint density at radius 2 is 1.75 bits per heavy atom. The molecule has 2 N–H and O–H groups in total. The largest absolute Gasteiger partial charge is 0.479 e. The van der Waals surface area contributed by atoms with Crippen molar-refractivity contribution in [3.63, 3.8) is 0 Å². The molecule has 4 heteroatoms. The van der Waals surface area contributed by atoms with Crippen LogP contribution in [0.3, 0.4) is 0 Å². The molecule has 0 aliphatic carbocycles. The van der Waals surface area contributed by atoms with Crippen molar-refractivity contribution < 1.29 is 15.0 Å². The molecule has 1 atom stereocenters. The Kier molecular flexibility index (Phi) is 4.94. The van der Waals surface area contributed by atoms with E-state index in [0.29, 0.717) is 5.56 Å². The molecule has 1 aromatic rings. The molecule has 1 aromatic carbocycles. The fourth-order valence-corrected chi connectivity index (χ4v) is 0.778. The Morgan fingerprint density at radius 1 is 1.25 bits per heavy atom. The summed E-state index contributed by atoms with van der Waals surface area (Å²) >= 11 is 0. The maximum absolute atomic E-state index is 10.2. The van der Waals surface area contributed by atoms with Crippen LogP contribution < -0.4 is 0 Å². The molecular weight excluding hydrogens is 266 g/mol. The molecule has 1 unspecified atom stereocenters. The van der Waals surface area contributed by atoms with Crippen LogP contribution in [0.5, 0.6) is 0 Å². The molecule has 3 nitrogen and oxygen atoms in total. The van der Waals surface area contributed by atoms with Crippen molar-refractivity contribution in [1.29, 1.82) is 0 Å². The van der Waals surface area contributed by atoms with E-state index >= 15 is 0 Å². The summed E-state index contributed by atoms with van der Waals surface area (Å²) in [5.41, 5.74) is 0.403. The number of carboxylic acid groups (broad SMARTS) is 1. The van der Waals surface area contributed by atoms with Crippen LogP contribution in [0.1, 0.15) is 11.7 Å². The van der Waals surface area contributed by atoms with Crippen molar-refractivity contribution in [3.05, 3.63) is 35.9 Å². The molecule has 0 aliphatic heterocycles. The third-order valence-corrected chi connectivity index (χ3v) is 1.35. The van der Waals surface area contributed by atoms with Crippen LogP contribution in [0.4, 0.5) is 0 Å². The quantitative estimate of drug-likeness (QED) is 0.768. The second kappa shape index (κ2) is 5.17. The minimum absolute atomic E-state index is 0. The topological polar surface area (TPSA) is 57.5 Å². The fraction of sp³-hybridized carbons (Fsp3) is 0.125. The van der Waals surface area contributed by atoms with Gasteiger partial charge in [-0.15, -0.1) is 0 Å². The second-order valence-electron chi connectivity index (χ2n) is 2.15. The van der Waals surface area contributed by atoms with E-state index in [4.69, 9.17) is 10.2 Å². The van der Waals surface area contributed by atoms with Crippen LogP contribution in [-0.4, -0.2) is 40.6 Å². The van der Waals surface area contributed by atoms with Gasteiger partial charge in [-0.05, 0) is 5.56 Å². The Bertz CT molecular complexity index is 248. The van der Waals surface area contributed by atoms with E-state index in [1.807, 2.05) is 0 Å². The second-order valence-corrected chi connectivity index (χ2v) is 2.15. The predicted molar refractivity (Wildman–Crippen MR) is 44.8 cm³/mol. The third-order valence-electron chi connectivity index (χ3n) is 1.35. The van der Waals surface area contributed by atoms with Gasteiger partial charge in [-0.25, -0.2) is 4.79 Å². The molecule has 0 heterocycles. The Hall–Kier alpha value is -0.532. The van der Waals surface area contributed by atoms with Gasteiger partial charge in [-0.2, -0.15) is 0 Å². The normalized spacial score (nSPS) is 11.4. The van der Waals surface area contributed by atoms with Crippen molar-refractivity contribution in [2.24, 2.45) is 0 Å². The zero-order chi connectivity index (χ0) is 8.27. The molecule has 1 rings (SSSR count). The van der Waals surface area contributed by atoms with E-state index in [0.717, 1.165) is 0 Å². The van der Waals surface area contributed by atoms with Gasteiger partial charge in [-0.3, -0.25) is 0 Å². The molecule has 0 spiro atoms. The molecule has 63 valence electrons. The zero-order valence-corrected chi connectivity index (χ0v) is 8.77. The number of carbonyl (C=O) groups is 1. The Morgan fingerprint density at radius 3 is 2.17 bits per heavy atom. The maximum Gasteiger partial charge on any atom is 0.337 e. The molecule has 0 aromatic heterocycles. The summed E-state index contributed by atoms with van der Waals surface area (Å²) in [7, 11) is 0. The first-order chi connectivity index (χ1) is 5.22. The molecule has 12 heavy (non-hydrogen) atoms. The summed E-state index contributed by atoms with van der Waals surface area (Å²) < 4.78 is 0. The maximum atomic E-state index is 10.2. The summed E-state index contributed by atoms with van der Waals surface area (Å²) in [4.78, 5) is 10.2. The molecule has 3 radical (unpaired) electrons. The van der Waals surface area contributed by atoms with Gasteiger partial charge >= 0.3 is 5.97 Å². The van der Waals surface area contributed by atoms with Gasteiger partial charge in [0.2, 0.25) is 0 Å². The van der Waals surface area contributed by atoms with Crippen molar-refractivity contribution in [2.75, 3.05) is 0 Å². The molecular formula is C8H8O3Sb. The standard InChI is InChI=1S/C8H8O3.Sb/c9-7(8(10)11)6-4-2-1-3-5-6;/h1-5,7,9H,(H,10,11);. The number of carboxylic acids is 1. The number of hydrogen-bond donors (Lipinski definition) is 2. The van der Waals surface area contributed by atoms with Crippen molar-refractivity contribution >= 4 is 30.4 Å². The molecule has 0 saturated heterocycles. The number of hydrogen-bond acceptors (Lipinski definition) is 2. The van der Waals surface area contributed by atoms with Crippen LogP contribution >= 0.6 is 0 Å². The van der Waals surface area contributed by atoms with Crippen LogP contribution in [0, 0.1) is 0 Å². The van der Waals surface area contributed by atoms with Gasteiger partial charge in [0, 0.05) is 24.4 Å². The predicted octanol–water partition coefficient (Wildman–Crippen LogP) is 0.424. The number of aliphatic hydroxyl groups excluding tert-OH is 1. The molecule has 0 bridgehead atoms. The Labute approximate surface area is 87.5 Å². The summed E-state index contributed by atoms with van der Waals surface area (Å²) in [5.74, 6) is -1.23. The SMILES string of the molecule is O=C(O)C(O)c1ccccc1.[Sb]. The molecule has 0 fully saturated rings. The van der Waals surface area contributed by atoms with Crippen molar-refractivity contribution in [1.82, 2.24) is 0 Å². The van der Waals surface area contributed by atoms with Crippen LogP contribution in [0.2, 0.25) is 0 Å². The van der Waals surface area contributed by atoms with E-state index < -0.39 is 12.1 Å². The first-order valence-electron chi connectivity index (χ1n) is 3.17. The third kappa shape index (κ3) is 2.84. The molecule has 0 aliphatic rings. The van der Waals surface area contributed by atoms with Gasteiger partial charge in [0.1, 0.15) is 0 Å². The van der Waals surface area contributed by atoms with E-state index in [-0.39, 0.29) is 24.4 Å². The number of rotatable bonds is 2. The van der Waals surface area contributed by atoms with Crippen molar-refractivity contribution in [3.8, 4) is 0 Å². The van der Waals surface area contributed by atoms with Gasteiger partial charge in [0.25, 0.3) is 0 Å². The number of aliphatic carboxylic acids is 1. The monoisotopic (exact) mass is 273 g/mol. The number of aliphatic hydroxyl groups is 1.